The van der Waals surface area contributed by atoms with Crippen LogP contribution in [0.4, 0.5) is 0 Å². The molecule has 0 N–H and O–H groups in total. The van der Waals surface area contributed by atoms with E-state index in [0.717, 1.165) is 38.1 Å². The van der Waals surface area contributed by atoms with Gasteiger partial charge in [-0.3, -0.25) is 4.79 Å². The molecule has 1 heteroatoms. The summed E-state index contributed by atoms with van der Waals surface area (Å²) in [6.45, 7) is 0. The summed E-state index contributed by atoms with van der Waals surface area (Å²) < 4.78 is 0. The van der Waals surface area contributed by atoms with Gasteiger partial charge in [-0.15, -0.1) is 0 Å². The first-order chi connectivity index (χ1) is 13.8. The van der Waals surface area contributed by atoms with Crippen LogP contribution in [0, 0.1) is 0 Å². The fourth-order valence-electron chi connectivity index (χ4n) is 3.92. The maximum absolute atomic E-state index is 13.3. The lowest BCUT2D eigenvalue weighted by Crippen LogP contribution is -1.98. The van der Waals surface area contributed by atoms with Crippen LogP contribution in [0.25, 0.3) is 38.4 Å². The summed E-state index contributed by atoms with van der Waals surface area (Å²) in [5.74, 6) is 0.0286. The molecule has 5 aromatic carbocycles. The zero-order chi connectivity index (χ0) is 18.9. The summed E-state index contributed by atoms with van der Waals surface area (Å²) in [6.07, 6.45) is 3.64. The summed E-state index contributed by atoms with van der Waals surface area (Å²) in [6, 6.07) is 32.7. The Morgan fingerprint density at radius 2 is 1.11 bits per heavy atom. The lowest BCUT2D eigenvalue weighted by molar-refractivity contribution is 0.105. The molecule has 0 amide bonds. The van der Waals surface area contributed by atoms with Gasteiger partial charge >= 0.3 is 0 Å². The van der Waals surface area contributed by atoms with Crippen LogP contribution in [0.3, 0.4) is 0 Å². The predicted molar refractivity (Wildman–Crippen MR) is 119 cm³/mol. The van der Waals surface area contributed by atoms with Crippen LogP contribution >= 0.6 is 0 Å². The minimum absolute atomic E-state index is 0.0286. The molecule has 0 aromatic heterocycles. The first-order valence-corrected chi connectivity index (χ1v) is 9.42. The van der Waals surface area contributed by atoms with Gasteiger partial charge in [0.1, 0.15) is 0 Å². The summed E-state index contributed by atoms with van der Waals surface area (Å²) in [5, 5.41) is 6.48. The quantitative estimate of drug-likeness (QED) is 0.192. The number of allylic oxidation sites excluding steroid dienone is 1. The van der Waals surface area contributed by atoms with Crippen molar-refractivity contribution in [1.82, 2.24) is 0 Å². The molecule has 5 aromatic rings. The third kappa shape index (κ3) is 2.78. The van der Waals surface area contributed by atoms with E-state index in [0.29, 0.717) is 0 Å². The van der Waals surface area contributed by atoms with E-state index in [-0.39, 0.29) is 5.78 Å². The fraction of sp³-hybridized carbons (Fsp3) is 0. The highest BCUT2D eigenvalue weighted by Crippen LogP contribution is 2.29. The van der Waals surface area contributed by atoms with Gasteiger partial charge in [-0.25, -0.2) is 0 Å². The van der Waals surface area contributed by atoms with Crippen molar-refractivity contribution in [1.29, 1.82) is 0 Å². The SMILES string of the molecule is O=C(C=Cc1cccc2ccccc12)c1c2ccccc2cc2ccccc12. The molecular formula is C27H18O. The highest BCUT2D eigenvalue weighted by molar-refractivity contribution is 6.23. The number of hydrogen-bond acceptors (Lipinski definition) is 1. The Morgan fingerprint density at radius 1 is 0.571 bits per heavy atom. The number of ketones is 1. The van der Waals surface area contributed by atoms with Gasteiger partial charge in [-0.2, -0.15) is 0 Å². The van der Waals surface area contributed by atoms with Crippen molar-refractivity contribution in [2.24, 2.45) is 0 Å². The molecule has 0 heterocycles. The second kappa shape index (κ2) is 6.79. The molecule has 0 unspecified atom stereocenters. The lowest BCUT2D eigenvalue weighted by atomic mass is 9.93. The number of rotatable bonds is 3. The van der Waals surface area contributed by atoms with Crippen LogP contribution < -0.4 is 0 Å². The van der Waals surface area contributed by atoms with E-state index in [1.54, 1.807) is 6.08 Å². The van der Waals surface area contributed by atoms with E-state index in [4.69, 9.17) is 0 Å². The Morgan fingerprint density at radius 3 is 1.79 bits per heavy atom. The van der Waals surface area contributed by atoms with E-state index >= 15 is 0 Å². The molecule has 28 heavy (non-hydrogen) atoms. The van der Waals surface area contributed by atoms with Crippen LogP contribution in [0.5, 0.6) is 0 Å². The second-order valence-corrected chi connectivity index (χ2v) is 6.96. The summed E-state index contributed by atoms with van der Waals surface area (Å²) in [7, 11) is 0. The van der Waals surface area contributed by atoms with Gasteiger partial charge in [-0.05, 0) is 50.0 Å². The third-order valence-corrected chi connectivity index (χ3v) is 5.26. The van der Waals surface area contributed by atoms with Crippen LogP contribution in [0.1, 0.15) is 15.9 Å². The maximum Gasteiger partial charge on any atom is 0.187 e. The summed E-state index contributed by atoms with van der Waals surface area (Å²) in [4.78, 5) is 13.3. The number of benzene rings is 5. The standard InChI is InChI=1S/C27H18O/c28-26(17-16-20-12-7-11-19-8-1-4-13-23(19)20)27-24-14-5-2-9-21(24)18-22-10-3-6-15-25(22)27/h1-18H. The second-order valence-electron chi connectivity index (χ2n) is 6.96. The van der Waals surface area contributed by atoms with Crippen molar-refractivity contribution >= 4 is 44.2 Å². The Kier molecular flexibility index (Phi) is 3.99. The first kappa shape index (κ1) is 16.5. The molecular weight excluding hydrogens is 340 g/mol. The minimum atomic E-state index is 0.0286. The molecule has 0 atom stereocenters. The van der Waals surface area contributed by atoms with Gasteiger partial charge in [0.05, 0.1) is 0 Å². The predicted octanol–water partition coefficient (Wildman–Crippen LogP) is 7.04. The molecule has 0 saturated heterocycles. The van der Waals surface area contributed by atoms with E-state index < -0.39 is 0 Å². The van der Waals surface area contributed by atoms with Gasteiger partial charge in [0.2, 0.25) is 0 Å². The van der Waals surface area contributed by atoms with Crippen LogP contribution in [0.15, 0.2) is 103 Å². The van der Waals surface area contributed by atoms with Crippen molar-refractivity contribution in [3.8, 4) is 0 Å². The summed E-state index contributed by atoms with van der Waals surface area (Å²) >= 11 is 0. The lowest BCUT2D eigenvalue weighted by Gasteiger charge is -2.09. The zero-order valence-corrected chi connectivity index (χ0v) is 15.3. The average molecular weight is 358 g/mol. The Bertz CT molecular complexity index is 1320. The van der Waals surface area contributed by atoms with E-state index in [1.165, 1.54) is 5.39 Å². The van der Waals surface area contributed by atoms with E-state index in [1.807, 2.05) is 66.7 Å². The summed E-state index contributed by atoms with van der Waals surface area (Å²) in [5.41, 5.74) is 1.82. The monoisotopic (exact) mass is 358 g/mol. The third-order valence-electron chi connectivity index (χ3n) is 5.26. The van der Waals surface area contributed by atoms with Crippen LogP contribution in [-0.2, 0) is 0 Å². The Balaban J connectivity index is 1.67. The minimum Gasteiger partial charge on any atom is -0.289 e. The molecule has 0 aliphatic heterocycles. The highest BCUT2D eigenvalue weighted by atomic mass is 16.1. The molecule has 0 spiro atoms. The first-order valence-electron chi connectivity index (χ1n) is 9.42. The number of hydrogen-bond donors (Lipinski definition) is 0. The van der Waals surface area contributed by atoms with E-state index in [9.17, 15) is 4.79 Å². The average Bonchev–Trinajstić information content (AvgIpc) is 2.75. The smallest absolute Gasteiger partial charge is 0.187 e. The number of carbonyl (C=O) groups excluding carboxylic acids is 1. The molecule has 1 nitrogen and oxygen atoms in total. The van der Waals surface area contributed by atoms with E-state index in [2.05, 4.69) is 36.4 Å². The fourth-order valence-corrected chi connectivity index (χ4v) is 3.92. The van der Waals surface area contributed by atoms with Crippen LogP contribution in [0.2, 0.25) is 0 Å². The van der Waals surface area contributed by atoms with Crippen molar-refractivity contribution < 1.29 is 4.79 Å². The van der Waals surface area contributed by atoms with Crippen molar-refractivity contribution in [2.45, 2.75) is 0 Å². The van der Waals surface area contributed by atoms with Crippen molar-refractivity contribution in [3.63, 3.8) is 0 Å². The van der Waals surface area contributed by atoms with Crippen molar-refractivity contribution in [2.75, 3.05) is 0 Å². The van der Waals surface area contributed by atoms with Crippen LogP contribution in [-0.4, -0.2) is 5.78 Å². The van der Waals surface area contributed by atoms with Gasteiger partial charge in [0, 0.05) is 5.56 Å². The topological polar surface area (TPSA) is 17.1 Å². The highest BCUT2D eigenvalue weighted by Gasteiger charge is 2.12. The number of fused-ring (bicyclic) bond motifs is 3. The molecule has 0 bridgehead atoms. The molecule has 132 valence electrons. The van der Waals surface area contributed by atoms with Crippen molar-refractivity contribution in [3.05, 3.63) is 114 Å². The molecule has 0 aliphatic carbocycles. The molecule has 0 fully saturated rings. The molecule has 0 aliphatic rings. The Labute approximate surface area is 163 Å². The van der Waals surface area contributed by atoms with Gasteiger partial charge in [0.25, 0.3) is 0 Å². The molecule has 0 saturated carbocycles. The van der Waals surface area contributed by atoms with Gasteiger partial charge in [-0.1, -0.05) is 97.1 Å². The van der Waals surface area contributed by atoms with Gasteiger partial charge < -0.3 is 0 Å². The van der Waals surface area contributed by atoms with Gasteiger partial charge in [0.15, 0.2) is 5.78 Å². The largest absolute Gasteiger partial charge is 0.289 e. The number of carbonyl (C=O) groups is 1. The molecule has 5 rings (SSSR count). The normalized spacial score (nSPS) is 11.6. The zero-order valence-electron chi connectivity index (χ0n) is 15.3. The molecule has 0 radical (unpaired) electrons. The Hall–Kier alpha value is -3.71. The maximum atomic E-state index is 13.3.